The summed E-state index contributed by atoms with van der Waals surface area (Å²) >= 11 is 0. The van der Waals surface area contributed by atoms with Crippen LogP contribution in [-0.2, 0) is 0 Å². The number of hydrogen-bond acceptors (Lipinski definition) is 2. The van der Waals surface area contributed by atoms with E-state index in [9.17, 15) is 4.39 Å². The minimum absolute atomic E-state index is 0.209. The summed E-state index contributed by atoms with van der Waals surface area (Å²) in [6, 6.07) is 11.5. The third-order valence-electron chi connectivity index (χ3n) is 6.98. The van der Waals surface area contributed by atoms with Crippen molar-refractivity contribution >= 4 is 5.57 Å². The number of nitrogens with one attached hydrogen (secondary N) is 1. The minimum atomic E-state index is -0.209. The monoisotopic (exact) mass is 385 g/mol. The summed E-state index contributed by atoms with van der Waals surface area (Å²) in [5.74, 6) is -0.209. The van der Waals surface area contributed by atoms with Crippen molar-refractivity contribution in [2.45, 2.75) is 31.7 Å². The van der Waals surface area contributed by atoms with Crippen LogP contribution in [0.2, 0.25) is 0 Å². The van der Waals surface area contributed by atoms with Gasteiger partial charge in [0.15, 0.2) is 0 Å². The standard InChI is InChI=1S/C25H24FN3/c26-19-5-3-18(4-6-19)24-23(17-7-11-27-12-8-17)21(15-28-24)22-14-20-2-1-13-29(20)16-25(22)9-10-25/h3-8,11-12,14-15,20,28H,1-2,9-10,13,16H2/t20-/m0/s1. The number of aromatic nitrogens is 2. The number of benzene rings is 1. The Hall–Kier alpha value is -2.72. The number of nitrogens with zero attached hydrogens (tertiary/aromatic N) is 2. The Labute approximate surface area is 170 Å². The van der Waals surface area contributed by atoms with Gasteiger partial charge in [-0.05, 0) is 85.3 Å². The van der Waals surface area contributed by atoms with E-state index in [0.717, 1.165) is 16.8 Å². The topological polar surface area (TPSA) is 31.9 Å². The van der Waals surface area contributed by atoms with E-state index in [0.29, 0.717) is 11.5 Å². The Bertz CT molecular complexity index is 1080. The first-order valence-corrected chi connectivity index (χ1v) is 10.6. The van der Waals surface area contributed by atoms with Gasteiger partial charge in [-0.25, -0.2) is 4.39 Å². The summed E-state index contributed by atoms with van der Waals surface area (Å²) in [5.41, 5.74) is 7.55. The zero-order chi connectivity index (χ0) is 19.4. The number of H-pyrrole nitrogens is 1. The summed E-state index contributed by atoms with van der Waals surface area (Å²) < 4.78 is 13.5. The predicted molar refractivity (Wildman–Crippen MR) is 114 cm³/mol. The normalized spacial score (nSPS) is 22.5. The molecule has 1 spiro atoms. The molecule has 2 fully saturated rings. The van der Waals surface area contributed by atoms with Crippen LogP contribution in [0.15, 0.2) is 61.1 Å². The van der Waals surface area contributed by atoms with Crippen LogP contribution in [0.5, 0.6) is 0 Å². The number of rotatable bonds is 3. The fraction of sp³-hybridized carbons (Fsp3) is 0.320. The highest BCUT2D eigenvalue weighted by Gasteiger charge is 2.52. The maximum Gasteiger partial charge on any atom is 0.123 e. The highest BCUT2D eigenvalue weighted by Crippen LogP contribution is 2.60. The quantitative estimate of drug-likeness (QED) is 0.643. The van der Waals surface area contributed by atoms with Crippen LogP contribution >= 0.6 is 0 Å². The first-order valence-electron chi connectivity index (χ1n) is 10.6. The number of fused-ring (bicyclic) bond motifs is 1. The molecule has 0 amide bonds. The van der Waals surface area contributed by atoms with E-state index < -0.39 is 0 Å². The van der Waals surface area contributed by atoms with Crippen LogP contribution in [-0.4, -0.2) is 34.0 Å². The van der Waals surface area contributed by atoms with Crippen molar-refractivity contribution in [2.24, 2.45) is 5.41 Å². The third kappa shape index (κ3) is 2.77. The zero-order valence-corrected chi connectivity index (χ0v) is 16.4. The average Bonchev–Trinajstić information content (AvgIpc) is 3.16. The predicted octanol–water partition coefficient (Wildman–Crippen LogP) is 5.52. The smallest absolute Gasteiger partial charge is 0.123 e. The fourth-order valence-electron chi connectivity index (χ4n) is 5.33. The van der Waals surface area contributed by atoms with E-state index in [-0.39, 0.29) is 5.82 Å². The molecule has 146 valence electrons. The molecule has 29 heavy (non-hydrogen) atoms. The molecule has 3 aromatic rings. The van der Waals surface area contributed by atoms with E-state index in [4.69, 9.17) is 0 Å². The van der Waals surface area contributed by atoms with Crippen LogP contribution in [0.25, 0.3) is 28.0 Å². The Morgan fingerprint density at radius 2 is 1.83 bits per heavy atom. The molecule has 2 aliphatic heterocycles. The van der Waals surface area contributed by atoms with Crippen LogP contribution < -0.4 is 0 Å². The lowest BCUT2D eigenvalue weighted by molar-refractivity contribution is 0.242. The van der Waals surface area contributed by atoms with Gasteiger partial charge in [0.05, 0.1) is 5.69 Å². The lowest BCUT2D eigenvalue weighted by Gasteiger charge is -2.35. The number of hydrogen-bond donors (Lipinski definition) is 1. The van der Waals surface area contributed by atoms with Crippen molar-refractivity contribution in [3.63, 3.8) is 0 Å². The SMILES string of the molecule is Fc1ccc(-c2[nH]cc(C3=C[C@@H]4CCCN4CC34CC4)c2-c2ccncc2)cc1. The lowest BCUT2D eigenvalue weighted by Crippen LogP contribution is -2.38. The van der Waals surface area contributed by atoms with E-state index in [1.54, 1.807) is 0 Å². The van der Waals surface area contributed by atoms with Gasteiger partial charge in [0.2, 0.25) is 0 Å². The molecule has 6 rings (SSSR count). The molecule has 1 saturated heterocycles. The first kappa shape index (κ1) is 17.2. The molecular weight excluding hydrogens is 361 g/mol. The molecule has 4 heterocycles. The lowest BCUT2D eigenvalue weighted by atomic mass is 9.82. The largest absolute Gasteiger partial charge is 0.360 e. The molecule has 0 bridgehead atoms. The minimum Gasteiger partial charge on any atom is -0.360 e. The molecule has 3 nitrogen and oxygen atoms in total. The molecule has 0 radical (unpaired) electrons. The van der Waals surface area contributed by atoms with Crippen LogP contribution in [0, 0.1) is 11.2 Å². The number of pyridine rings is 1. The Balaban J connectivity index is 1.54. The maximum absolute atomic E-state index is 13.5. The summed E-state index contributed by atoms with van der Waals surface area (Å²) in [6.45, 7) is 2.43. The van der Waals surface area contributed by atoms with E-state index in [1.807, 2.05) is 24.5 Å². The average molecular weight is 385 g/mol. The van der Waals surface area contributed by atoms with Crippen molar-refractivity contribution in [3.8, 4) is 22.4 Å². The fourth-order valence-corrected chi connectivity index (χ4v) is 5.33. The van der Waals surface area contributed by atoms with Gasteiger partial charge >= 0.3 is 0 Å². The highest BCUT2D eigenvalue weighted by atomic mass is 19.1. The van der Waals surface area contributed by atoms with Crippen LogP contribution in [0.3, 0.4) is 0 Å². The Morgan fingerprint density at radius 3 is 2.59 bits per heavy atom. The second-order valence-electron chi connectivity index (χ2n) is 8.74. The summed E-state index contributed by atoms with van der Waals surface area (Å²) in [6.07, 6.45) is 13.5. The van der Waals surface area contributed by atoms with Gasteiger partial charge in [-0.15, -0.1) is 0 Å². The van der Waals surface area contributed by atoms with Gasteiger partial charge in [-0.2, -0.15) is 0 Å². The molecule has 0 unspecified atom stereocenters. The first-order chi connectivity index (χ1) is 14.2. The highest BCUT2D eigenvalue weighted by molar-refractivity contribution is 5.93. The van der Waals surface area contributed by atoms with Crippen molar-refractivity contribution < 1.29 is 4.39 Å². The second kappa shape index (κ2) is 6.39. The van der Waals surface area contributed by atoms with Crippen LogP contribution in [0.4, 0.5) is 4.39 Å². The Morgan fingerprint density at radius 1 is 1.03 bits per heavy atom. The van der Waals surface area contributed by atoms with Gasteiger partial charge < -0.3 is 4.98 Å². The molecule has 1 N–H and O–H groups in total. The molecule has 1 aromatic carbocycles. The third-order valence-corrected chi connectivity index (χ3v) is 6.98. The summed E-state index contributed by atoms with van der Waals surface area (Å²) in [4.78, 5) is 10.4. The molecule has 1 saturated carbocycles. The van der Waals surface area contributed by atoms with Crippen molar-refractivity contribution in [1.82, 2.24) is 14.9 Å². The van der Waals surface area contributed by atoms with Crippen molar-refractivity contribution in [1.29, 1.82) is 0 Å². The second-order valence-corrected chi connectivity index (χ2v) is 8.74. The maximum atomic E-state index is 13.5. The van der Waals surface area contributed by atoms with Gasteiger partial charge in [-0.3, -0.25) is 9.88 Å². The molecule has 1 atom stereocenters. The molecule has 3 aliphatic rings. The van der Waals surface area contributed by atoms with Gasteiger partial charge in [0.25, 0.3) is 0 Å². The van der Waals surface area contributed by atoms with Crippen LogP contribution in [0.1, 0.15) is 31.2 Å². The van der Waals surface area contributed by atoms with Crippen molar-refractivity contribution in [3.05, 3.63) is 72.4 Å². The van der Waals surface area contributed by atoms with E-state index in [1.165, 1.54) is 67.6 Å². The Kier molecular flexibility index (Phi) is 3.78. The van der Waals surface area contributed by atoms with Crippen molar-refractivity contribution in [2.75, 3.05) is 13.1 Å². The van der Waals surface area contributed by atoms with Gasteiger partial charge in [-0.1, -0.05) is 6.08 Å². The van der Waals surface area contributed by atoms with E-state index >= 15 is 0 Å². The zero-order valence-electron chi connectivity index (χ0n) is 16.4. The number of aromatic amines is 1. The molecular formula is C25H24FN3. The van der Waals surface area contributed by atoms with Gasteiger partial charge in [0, 0.05) is 47.7 Å². The number of halogens is 1. The summed E-state index contributed by atoms with van der Waals surface area (Å²) in [7, 11) is 0. The summed E-state index contributed by atoms with van der Waals surface area (Å²) in [5, 5.41) is 0. The molecule has 4 heteroatoms. The molecule has 2 aromatic heterocycles. The van der Waals surface area contributed by atoms with E-state index in [2.05, 4.69) is 39.3 Å². The van der Waals surface area contributed by atoms with Gasteiger partial charge in [0.1, 0.15) is 5.82 Å². The molecule has 1 aliphatic carbocycles.